The number of aromatic nitrogens is 4. The summed E-state index contributed by atoms with van der Waals surface area (Å²) >= 11 is 3.26. The Morgan fingerprint density at radius 3 is 2.70 bits per heavy atom. The molecule has 1 aromatic carbocycles. The molecule has 4 rings (SSSR count). The van der Waals surface area contributed by atoms with Gasteiger partial charge in [0.15, 0.2) is 5.82 Å². The SMILES string of the molecule is CC(Nc1cc(Nc2cc(C3CC3)[nH]n2)nc(N)n1)c1ccc(Br)cc1F. The van der Waals surface area contributed by atoms with E-state index in [0.717, 1.165) is 5.69 Å². The largest absolute Gasteiger partial charge is 0.368 e. The van der Waals surface area contributed by atoms with Crippen LogP contribution in [0.1, 0.15) is 43.0 Å². The van der Waals surface area contributed by atoms with Gasteiger partial charge in [-0.05, 0) is 31.9 Å². The number of nitrogen functional groups attached to an aromatic ring is 1. The quantitative estimate of drug-likeness (QED) is 0.458. The molecule has 3 aromatic rings. The number of hydrogen-bond acceptors (Lipinski definition) is 6. The van der Waals surface area contributed by atoms with Gasteiger partial charge in [-0.2, -0.15) is 15.1 Å². The second-order valence-electron chi connectivity index (χ2n) is 6.64. The zero-order valence-corrected chi connectivity index (χ0v) is 16.2. The van der Waals surface area contributed by atoms with Crippen molar-refractivity contribution in [2.24, 2.45) is 0 Å². The summed E-state index contributed by atoms with van der Waals surface area (Å²) in [6.45, 7) is 1.85. The predicted molar refractivity (Wildman–Crippen MR) is 106 cm³/mol. The lowest BCUT2D eigenvalue weighted by Crippen LogP contribution is -2.11. The summed E-state index contributed by atoms with van der Waals surface area (Å²) in [5, 5.41) is 13.6. The van der Waals surface area contributed by atoms with E-state index in [1.165, 1.54) is 18.9 Å². The molecule has 1 saturated carbocycles. The van der Waals surface area contributed by atoms with E-state index in [-0.39, 0.29) is 17.8 Å². The van der Waals surface area contributed by atoms with E-state index >= 15 is 0 Å². The van der Waals surface area contributed by atoms with E-state index in [2.05, 4.69) is 46.7 Å². The average Bonchev–Trinajstić information content (AvgIpc) is 3.34. The molecule has 0 saturated heterocycles. The van der Waals surface area contributed by atoms with Crippen molar-refractivity contribution < 1.29 is 4.39 Å². The molecule has 5 N–H and O–H groups in total. The maximum atomic E-state index is 14.2. The van der Waals surface area contributed by atoms with Crippen LogP contribution in [0.25, 0.3) is 0 Å². The van der Waals surface area contributed by atoms with Gasteiger partial charge >= 0.3 is 0 Å². The van der Waals surface area contributed by atoms with Crippen LogP contribution in [0.2, 0.25) is 0 Å². The van der Waals surface area contributed by atoms with Gasteiger partial charge in [0, 0.05) is 33.8 Å². The number of rotatable bonds is 6. The Bertz CT molecular complexity index is 970. The van der Waals surface area contributed by atoms with Gasteiger partial charge in [-0.3, -0.25) is 5.10 Å². The van der Waals surface area contributed by atoms with E-state index < -0.39 is 0 Å². The number of hydrogen-bond donors (Lipinski definition) is 4. The Balaban J connectivity index is 1.50. The minimum atomic E-state index is -0.299. The molecule has 2 heterocycles. The van der Waals surface area contributed by atoms with Crippen molar-refractivity contribution in [2.75, 3.05) is 16.4 Å². The van der Waals surface area contributed by atoms with Crippen molar-refractivity contribution in [3.8, 4) is 0 Å². The van der Waals surface area contributed by atoms with Crippen molar-refractivity contribution in [1.29, 1.82) is 0 Å². The number of nitrogens with one attached hydrogen (secondary N) is 3. The molecule has 7 nitrogen and oxygen atoms in total. The zero-order chi connectivity index (χ0) is 19.0. The number of nitrogens with zero attached hydrogens (tertiary/aromatic N) is 3. The minimum absolute atomic E-state index is 0.115. The molecule has 2 aromatic heterocycles. The Morgan fingerprint density at radius 2 is 1.96 bits per heavy atom. The first kappa shape index (κ1) is 17.7. The van der Waals surface area contributed by atoms with Gasteiger partial charge in [-0.1, -0.05) is 22.0 Å². The van der Waals surface area contributed by atoms with Gasteiger partial charge in [0.1, 0.15) is 17.5 Å². The van der Waals surface area contributed by atoms with E-state index in [0.29, 0.717) is 33.4 Å². The van der Waals surface area contributed by atoms with Gasteiger partial charge in [-0.15, -0.1) is 0 Å². The van der Waals surface area contributed by atoms with Crippen molar-refractivity contribution in [2.45, 2.75) is 31.7 Å². The Hall–Kier alpha value is -2.68. The van der Waals surface area contributed by atoms with E-state index in [4.69, 9.17) is 5.73 Å². The van der Waals surface area contributed by atoms with Gasteiger partial charge in [0.25, 0.3) is 0 Å². The van der Waals surface area contributed by atoms with E-state index in [1.807, 2.05) is 13.0 Å². The molecule has 1 aliphatic rings. The second-order valence-corrected chi connectivity index (χ2v) is 7.55. The first-order valence-corrected chi connectivity index (χ1v) is 9.45. The number of H-pyrrole nitrogens is 1. The van der Waals surface area contributed by atoms with Crippen LogP contribution >= 0.6 is 15.9 Å². The van der Waals surface area contributed by atoms with Gasteiger partial charge < -0.3 is 16.4 Å². The summed E-state index contributed by atoms with van der Waals surface area (Å²) in [6.07, 6.45) is 2.39. The number of aromatic amines is 1. The third-order valence-electron chi connectivity index (χ3n) is 4.41. The molecule has 9 heteroatoms. The monoisotopic (exact) mass is 431 g/mol. The Labute approximate surface area is 164 Å². The highest BCUT2D eigenvalue weighted by atomic mass is 79.9. The smallest absolute Gasteiger partial charge is 0.223 e. The predicted octanol–water partition coefficient (Wildman–Crippen LogP) is 4.48. The third kappa shape index (κ3) is 4.19. The minimum Gasteiger partial charge on any atom is -0.368 e. The fourth-order valence-electron chi connectivity index (χ4n) is 2.89. The van der Waals surface area contributed by atoms with Crippen LogP contribution < -0.4 is 16.4 Å². The van der Waals surface area contributed by atoms with Crippen molar-refractivity contribution in [3.05, 3.63) is 51.9 Å². The fourth-order valence-corrected chi connectivity index (χ4v) is 3.22. The van der Waals surface area contributed by atoms with E-state index in [1.54, 1.807) is 18.2 Å². The lowest BCUT2D eigenvalue weighted by Gasteiger charge is -2.16. The molecule has 0 spiro atoms. The molecule has 1 atom stereocenters. The summed E-state index contributed by atoms with van der Waals surface area (Å²) in [4.78, 5) is 8.38. The first-order valence-electron chi connectivity index (χ1n) is 8.66. The van der Waals surface area contributed by atoms with Crippen LogP contribution in [-0.4, -0.2) is 20.2 Å². The molecular weight excluding hydrogens is 413 g/mol. The summed E-state index contributed by atoms with van der Waals surface area (Å²) in [7, 11) is 0. The molecule has 140 valence electrons. The van der Waals surface area contributed by atoms with Crippen molar-refractivity contribution in [1.82, 2.24) is 20.2 Å². The lowest BCUT2D eigenvalue weighted by atomic mass is 10.1. The molecule has 0 aliphatic heterocycles. The number of halogens is 2. The van der Waals surface area contributed by atoms with Crippen LogP contribution in [0.3, 0.4) is 0 Å². The van der Waals surface area contributed by atoms with Crippen LogP contribution in [0, 0.1) is 5.82 Å². The lowest BCUT2D eigenvalue weighted by molar-refractivity contribution is 0.599. The molecule has 0 amide bonds. The highest BCUT2D eigenvalue weighted by Gasteiger charge is 2.25. The first-order chi connectivity index (χ1) is 13.0. The summed E-state index contributed by atoms with van der Waals surface area (Å²) in [5.74, 6) is 2.09. The molecule has 0 radical (unpaired) electrons. The number of anilines is 4. The Kier molecular flexibility index (Phi) is 4.69. The maximum Gasteiger partial charge on any atom is 0.223 e. The van der Waals surface area contributed by atoms with E-state index in [9.17, 15) is 4.39 Å². The zero-order valence-electron chi connectivity index (χ0n) is 14.6. The molecule has 1 unspecified atom stereocenters. The van der Waals surface area contributed by atoms with Crippen molar-refractivity contribution in [3.63, 3.8) is 0 Å². The molecule has 27 heavy (non-hydrogen) atoms. The molecule has 0 bridgehead atoms. The standard InChI is InChI=1S/C18H19BrFN7/c1-9(12-5-4-11(19)6-13(12)20)22-15-8-16(25-18(21)24-15)23-17-7-14(26-27-17)10-2-3-10/h4-10H,2-3H2,1H3,(H5,21,22,23,24,25,26,27). The third-order valence-corrected chi connectivity index (χ3v) is 4.90. The van der Waals surface area contributed by atoms with Gasteiger partial charge in [0.2, 0.25) is 5.95 Å². The topological polar surface area (TPSA) is 105 Å². The van der Waals surface area contributed by atoms with Crippen molar-refractivity contribution >= 4 is 39.3 Å². The van der Waals surface area contributed by atoms with Gasteiger partial charge in [0.05, 0.1) is 6.04 Å². The van der Waals surface area contributed by atoms with Crippen LogP contribution in [0.5, 0.6) is 0 Å². The van der Waals surface area contributed by atoms with Crippen LogP contribution in [0.4, 0.5) is 27.8 Å². The Morgan fingerprint density at radius 1 is 1.19 bits per heavy atom. The number of nitrogens with two attached hydrogens (primary N) is 1. The number of benzene rings is 1. The maximum absolute atomic E-state index is 14.2. The summed E-state index contributed by atoms with van der Waals surface area (Å²) < 4.78 is 14.9. The molecular formula is C18H19BrFN7. The fraction of sp³-hybridized carbons (Fsp3) is 0.278. The van der Waals surface area contributed by atoms with Crippen LogP contribution in [0.15, 0.2) is 34.8 Å². The average molecular weight is 432 g/mol. The normalized spacial score (nSPS) is 14.8. The molecule has 1 aliphatic carbocycles. The van der Waals surface area contributed by atoms with Crippen LogP contribution in [-0.2, 0) is 0 Å². The highest BCUT2D eigenvalue weighted by Crippen LogP contribution is 2.39. The van der Waals surface area contributed by atoms with Gasteiger partial charge in [-0.25, -0.2) is 4.39 Å². The molecule has 1 fully saturated rings. The summed E-state index contributed by atoms with van der Waals surface area (Å²) in [5.41, 5.74) is 7.49. The second kappa shape index (κ2) is 7.15. The highest BCUT2D eigenvalue weighted by molar-refractivity contribution is 9.10. The summed E-state index contributed by atoms with van der Waals surface area (Å²) in [6, 6.07) is 8.35.